The van der Waals surface area contributed by atoms with Crippen LogP contribution in [0.25, 0.3) is 0 Å². The van der Waals surface area contributed by atoms with E-state index in [-0.39, 0.29) is 30.0 Å². The fourth-order valence-corrected chi connectivity index (χ4v) is 3.16. The summed E-state index contributed by atoms with van der Waals surface area (Å²) in [6, 6.07) is 12.6. The molecular formula is C20H20F2N2O2. The molecule has 1 aliphatic rings. The van der Waals surface area contributed by atoms with Gasteiger partial charge in [-0.25, -0.2) is 8.78 Å². The molecule has 26 heavy (non-hydrogen) atoms. The highest BCUT2D eigenvalue weighted by Gasteiger charge is 2.39. The summed E-state index contributed by atoms with van der Waals surface area (Å²) in [6.45, 7) is 0.0757. The topological polar surface area (TPSA) is 58.2 Å². The van der Waals surface area contributed by atoms with Gasteiger partial charge in [0.2, 0.25) is 5.91 Å². The molecular weight excluding hydrogens is 338 g/mol. The van der Waals surface area contributed by atoms with Crippen LogP contribution in [0.4, 0.5) is 8.78 Å². The number of hydrogen-bond acceptors (Lipinski definition) is 2. The Kier molecular flexibility index (Phi) is 5.30. The quantitative estimate of drug-likeness (QED) is 0.833. The summed E-state index contributed by atoms with van der Waals surface area (Å²) in [6.07, 6.45) is 2.91. The fourth-order valence-electron chi connectivity index (χ4n) is 3.16. The molecule has 0 radical (unpaired) electrons. The van der Waals surface area contributed by atoms with Gasteiger partial charge >= 0.3 is 0 Å². The molecule has 6 heteroatoms. The number of amides is 2. The Labute approximate surface area is 150 Å². The maximum Gasteiger partial charge on any atom is 0.254 e. The molecule has 3 rings (SSSR count). The molecule has 0 unspecified atom stereocenters. The fraction of sp³-hybridized carbons (Fsp3) is 0.300. The standard InChI is InChI=1S/C20H20F2N2O2/c21-15-7-8-16(17(22)13-15)19(26)23-12-9-18(25)24-20(10-4-11-20)14-5-2-1-3-6-14/h1-3,5-8,13H,4,9-12H2,(H,23,26)(H,24,25). The zero-order valence-electron chi connectivity index (χ0n) is 14.2. The van der Waals surface area contributed by atoms with Crippen LogP contribution in [0.1, 0.15) is 41.6 Å². The summed E-state index contributed by atoms with van der Waals surface area (Å²) in [5.41, 5.74) is 0.509. The van der Waals surface area contributed by atoms with Crippen molar-refractivity contribution in [3.05, 3.63) is 71.3 Å². The van der Waals surface area contributed by atoms with E-state index in [2.05, 4.69) is 10.6 Å². The SMILES string of the molecule is O=C(CCNC(=O)c1ccc(F)cc1F)NC1(c2ccccc2)CCC1. The van der Waals surface area contributed by atoms with Crippen molar-refractivity contribution >= 4 is 11.8 Å². The normalized spacial score (nSPS) is 15.0. The second-order valence-electron chi connectivity index (χ2n) is 6.48. The Morgan fingerprint density at radius 1 is 1.04 bits per heavy atom. The van der Waals surface area contributed by atoms with Gasteiger partial charge in [-0.3, -0.25) is 9.59 Å². The predicted octanol–water partition coefficient (Wildman–Crippen LogP) is 3.28. The first-order valence-corrected chi connectivity index (χ1v) is 8.60. The van der Waals surface area contributed by atoms with Gasteiger partial charge in [-0.05, 0) is 37.0 Å². The number of carbonyl (C=O) groups excluding carboxylic acids is 2. The van der Waals surface area contributed by atoms with Crippen LogP contribution in [0, 0.1) is 11.6 Å². The number of carbonyl (C=O) groups is 2. The second-order valence-corrected chi connectivity index (χ2v) is 6.48. The summed E-state index contributed by atoms with van der Waals surface area (Å²) in [4.78, 5) is 24.2. The molecule has 2 amide bonds. The van der Waals surface area contributed by atoms with Crippen molar-refractivity contribution in [3.63, 3.8) is 0 Å². The first kappa shape index (κ1) is 18.0. The third kappa shape index (κ3) is 3.90. The molecule has 0 heterocycles. The van der Waals surface area contributed by atoms with Crippen molar-refractivity contribution in [2.75, 3.05) is 6.54 Å². The summed E-state index contributed by atoms with van der Waals surface area (Å²) in [5.74, 6) is -2.51. The number of halogens is 2. The lowest BCUT2D eigenvalue weighted by atomic mass is 9.71. The van der Waals surface area contributed by atoms with Crippen molar-refractivity contribution in [1.29, 1.82) is 0 Å². The van der Waals surface area contributed by atoms with E-state index in [1.54, 1.807) is 0 Å². The third-order valence-corrected chi connectivity index (χ3v) is 4.73. The minimum atomic E-state index is -0.926. The first-order valence-electron chi connectivity index (χ1n) is 8.60. The molecule has 4 nitrogen and oxygen atoms in total. The molecule has 2 aromatic carbocycles. The third-order valence-electron chi connectivity index (χ3n) is 4.73. The largest absolute Gasteiger partial charge is 0.351 e. The minimum absolute atomic E-state index is 0.0757. The van der Waals surface area contributed by atoms with Gasteiger partial charge in [0.05, 0.1) is 11.1 Å². The maximum atomic E-state index is 13.6. The maximum absolute atomic E-state index is 13.6. The first-order chi connectivity index (χ1) is 12.5. The monoisotopic (exact) mass is 358 g/mol. The number of benzene rings is 2. The lowest BCUT2D eigenvalue weighted by Crippen LogP contribution is -2.51. The van der Waals surface area contributed by atoms with Crippen LogP contribution in [0.5, 0.6) is 0 Å². The molecule has 0 saturated heterocycles. The van der Waals surface area contributed by atoms with Crippen LogP contribution in [-0.2, 0) is 10.3 Å². The Morgan fingerprint density at radius 3 is 2.38 bits per heavy atom. The molecule has 1 fully saturated rings. The van der Waals surface area contributed by atoms with Crippen LogP contribution in [0.3, 0.4) is 0 Å². The molecule has 0 bridgehead atoms. The number of rotatable bonds is 6. The van der Waals surface area contributed by atoms with Gasteiger partial charge < -0.3 is 10.6 Å². The summed E-state index contributed by atoms with van der Waals surface area (Å²) in [7, 11) is 0. The molecule has 1 saturated carbocycles. The average molecular weight is 358 g/mol. The second kappa shape index (κ2) is 7.64. The minimum Gasteiger partial charge on any atom is -0.351 e. The molecule has 136 valence electrons. The number of nitrogens with one attached hydrogen (secondary N) is 2. The van der Waals surface area contributed by atoms with E-state index in [4.69, 9.17) is 0 Å². The molecule has 0 aromatic heterocycles. The molecule has 2 N–H and O–H groups in total. The highest BCUT2D eigenvalue weighted by Crippen LogP contribution is 2.41. The van der Waals surface area contributed by atoms with Gasteiger partial charge in [0.15, 0.2) is 0 Å². The highest BCUT2D eigenvalue weighted by molar-refractivity contribution is 5.94. The lowest BCUT2D eigenvalue weighted by molar-refractivity contribution is -0.124. The van der Waals surface area contributed by atoms with Crippen molar-refractivity contribution in [2.45, 2.75) is 31.2 Å². The summed E-state index contributed by atoms with van der Waals surface area (Å²) < 4.78 is 26.5. The van der Waals surface area contributed by atoms with Crippen LogP contribution in [0.15, 0.2) is 48.5 Å². The van der Waals surface area contributed by atoms with Gasteiger partial charge in [-0.1, -0.05) is 30.3 Å². The van der Waals surface area contributed by atoms with E-state index < -0.39 is 17.5 Å². The van der Waals surface area contributed by atoms with Gasteiger partial charge in [0.25, 0.3) is 5.91 Å². The van der Waals surface area contributed by atoms with E-state index >= 15 is 0 Å². The van der Waals surface area contributed by atoms with Crippen LogP contribution >= 0.6 is 0 Å². The van der Waals surface area contributed by atoms with Crippen molar-refractivity contribution in [3.8, 4) is 0 Å². The predicted molar refractivity (Wildman–Crippen MR) is 93.4 cm³/mol. The zero-order valence-corrected chi connectivity index (χ0v) is 14.2. The van der Waals surface area contributed by atoms with Crippen LogP contribution < -0.4 is 10.6 Å². The zero-order chi connectivity index (χ0) is 18.6. The highest BCUT2D eigenvalue weighted by atomic mass is 19.1. The Morgan fingerprint density at radius 2 is 1.77 bits per heavy atom. The Bertz CT molecular complexity index is 805. The van der Waals surface area contributed by atoms with Gasteiger partial charge in [0, 0.05) is 19.0 Å². The van der Waals surface area contributed by atoms with E-state index in [0.29, 0.717) is 6.07 Å². The smallest absolute Gasteiger partial charge is 0.254 e. The van der Waals surface area contributed by atoms with Gasteiger partial charge in [-0.2, -0.15) is 0 Å². The molecule has 1 aliphatic carbocycles. The van der Waals surface area contributed by atoms with Gasteiger partial charge in [0.1, 0.15) is 11.6 Å². The Hall–Kier alpha value is -2.76. The lowest BCUT2D eigenvalue weighted by Gasteiger charge is -2.43. The average Bonchev–Trinajstić information content (AvgIpc) is 2.58. The molecule has 0 atom stereocenters. The van der Waals surface area contributed by atoms with Crippen molar-refractivity contribution in [2.24, 2.45) is 0 Å². The van der Waals surface area contributed by atoms with Crippen LogP contribution in [-0.4, -0.2) is 18.4 Å². The van der Waals surface area contributed by atoms with Gasteiger partial charge in [-0.15, -0.1) is 0 Å². The molecule has 0 spiro atoms. The van der Waals surface area contributed by atoms with E-state index in [1.807, 2.05) is 30.3 Å². The van der Waals surface area contributed by atoms with Crippen molar-refractivity contribution < 1.29 is 18.4 Å². The van der Waals surface area contributed by atoms with Crippen LogP contribution in [0.2, 0.25) is 0 Å². The van der Waals surface area contributed by atoms with E-state index in [9.17, 15) is 18.4 Å². The summed E-state index contributed by atoms with van der Waals surface area (Å²) in [5, 5.41) is 5.55. The van der Waals surface area contributed by atoms with E-state index in [1.165, 1.54) is 0 Å². The Balaban J connectivity index is 1.52. The number of hydrogen-bond donors (Lipinski definition) is 2. The molecule has 0 aliphatic heterocycles. The summed E-state index contributed by atoms with van der Waals surface area (Å²) >= 11 is 0. The molecule has 2 aromatic rings. The van der Waals surface area contributed by atoms with E-state index in [0.717, 1.165) is 37.0 Å². The van der Waals surface area contributed by atoms with Crippen molar-refractivity contribution in [1.82, 2.24) is 10.6 Å².